The average Bonchev–Trinajstić information content (AvgIpc) is 2.85. The summed E-state index contributed by atoms with van der Waals surface area (Å²) in [7, 11) is 0. The van der Waals surface area contributed by atoms with Gasteiger partial charge in [-0.1, -0.05) is 36.6 Å². The number of likely N-dealkylation sites (tertiary alicyclic amines) is 1. The van der Waals surface area contributed by atoms with Crippen LogP contribution in [0.25, 0.3) is 0 Å². The molecule has 1 saturated heterocycles. The van der Waals surface area contributed by atoms with Crippen molar-refractivity contribution in [2.24, 2.45) is 0 Å². The van der Waals surface area contributed by atoms with E-state index in [1.807, 2.05) is 29.2 Å². The molecule has 1 heterocycles. The number of amides is 1. The lowest BCUT2D eigenvalue weighted by Crippen LogP contribution is -2.40. The molecule has 2 rings (SSSR count). The normalized spacial score (nSPS) is 16.3. The molecule has 1 aliphatic heterocycles. The van der Waals surface area contributed by atoms with Gasteiger partial charge in [0.25, 0.3) is 5.91 Å². The second-order valence-electron chi connectivity index (χ2n) is 5.90. The standard InChI is InChI=1S/C18H24ClNO3S/c1-14(18(22)20-11-6-2-3-7-12-20)23-17(21)10-13-24-16-9-5-4-8-15(16)19/h4-5,8-9,14H,2-3,6-7,10-13H2,1H3. The molecule has 0 N–H and O–H groups in total. The Bertz CT molecular complexity index is 559. The van der Waals surface area contributed by atoms with Crippen LogP contribution in [0.15, 0.2) is 29.2 Å². The van der Waals surface area contributed by atoms with Gasteiger partial charge in [0.2, 0.25) is 0 Å². The predicted octanol–water partition coefficient (Wildman–Crippen LogP) is 4.16. The number of rotatable bonds is 6. The molecule has 0 radical (unpaired) electrons. The summed E-state index contributed by atoms with van der Waals surface area (Å²) in [5.74, 6) is 0.155. The smallest absolute Gasteiger partial charge is 0.307 e. The molecule has 0 spiro atoms. The Morgan fingerprint density at radius 1 is 1.21 bits per heavy atom. The van der Waals surface area contributed by atoms with E-state index in [0.717, 1.165) is 43.7 Å². The fourth-order valence-electron chi connectivity index (χ4n) is 2.66. The van der Waals surface area contributed by atoms with Crippen LogP contribution in [0.2, 0.25) is 5.02 Å². The van der Waals surface area contributed by atoms with Crippen molar-refractivity contribution in [1.29, 1.82) is 0 Å². The molecule has 0 bridgehead atoms. The number of carbonyl (C=O) groups is 2. The van der Waals surface area contributed by atoms with Crippen molar-refractivity contribution in [2.75, 3.05) is 18.8 Å². The van der Waals surface area contributed by atoms with Gasteiger partial charge in [-0.15, -0.1) is 11.8 Å². The van der Waals surface area contributed by atoms with E-state index < -0.39 is 6.10 Å². The maximum absolute atomic E-state index is 12.4. The Morgan fingerprint density at radius 2 is 1.88 bits per heavy atom. The zero-order valence-electron chi connectivity index (χ0n) is 14.0. The van der Waals surface area contributed by atoms with Crippen molar-refractivity contribution in [2.45, 2.75) is 50.0 Å². The third kappa shape index (κ3) is 6.02. The van der Waals surface area contributed by atoms with Crippen LogP contribution in [0, 0.1) is 0 Å². The van der Waals surface area contributed by atoms with Crippen molar-refractivity contribution < 1.29 is 14.3 Å². The Kier molecular flexibility index (Phi) is 7.92. The highest BCUT2D eigenvalue weighted by Crippen LogP contribution is 2.27. The van der Waals surface area contributed by atoms with Gasteiger partial charge < -0.3 is 9.64 Å². The lowest BCUT2D eigenvalue weighted by atomic mass is 10.2. The second kappa shape index (κ2) is 9.94. The van der Waals surface area contributed by atoms with Crippen LogP contribution < -0.4 is 0 Å². The Hall–Kier alpha value is -1.20. The maximum Gasteiger partial charge on any atom is 0.307 e. The van der Waals surface area contributed by atoms with Gasteiger partial charge in [-0.2, -0.15) is 0 Å². The molecule has 0 aliphatic carbocycles. The predicted molar refractivity (Wildman–Crippen MR) is 97.4 cm³/mol. The lowest BCUT2D eigenvalue weighted by Gasteiger charge is -2.24. The highest BCUT2D eigenvalue weighted by Gasteiger charge is 2.24. The molecule has 1 atom stereocenters. The van der Waals surface area contributed by atoms with Gasteiger partial charge in [-0.25, -0.2) is 0 Å². The molecule has 1 aromatic rings. The zero-order valence-corrected chi connectivity index (χ0v) is 15.6. The van der Waals surface area contributed by atoms with Crippen molar-refractivity contribution in [3.8, 4) is 0 Å². The number of ether oxygens (including phenoxy) is 1. The zero-order chi connectivity index (χ0) is 17.4. The molecule has 1 unspecified atom stereocenters. The van der Waals surface area contributed by atoms with Gasteiger partial charge in [0.15, 0.2) is 6.10 Å². The quantitative estimate of drug-likeness (QED) is 0.558. The summed E-state index contributed by atoms with van der Waals surface area (Å²) in [6.07, 6.45) is 3.94. The van der Waals surface area contributed by atoms with Crippen LogP contribution in [0.1, 0.15) is 39.0 Å². The topological polar surface area (TPSA) is 46.6 Å². The molecule has 1 aliphatic rings. The van der Waals surface area contributed by atoms with Crippen molar-refractivity contribution in [1.82, 2.24) is 4.90 Å². The van der Waals surface area contributed by atoms with Crippen LogP contribution in [-0.4, -0.2) is 41.7 Å². The number of carbonyl (C=O) groups excluding carboxylic acids is 2. The van der Waals surface area contributed by atoms with Gasteiger partial charge in [0.1, 0.15) is 0 Å². The minimum absolute atomic E-state index is 0.0796. The summed E-state index contributed by atoms with van der Waals surface area (Å²) >= 11 is 7.59. The van der Waals surface area contributed by atoms with E-state index in [2.05, 4.69) is 0 Å². The third-order valence-electron chi connectivity index (χ3n) is 3.97. The number of halogens is 1. The molecular weight excluding hydrogens is 346 g/mol. The first-order valence-electron chi connectivity index (χ1n) is 8.43. The van der Waals surface area contributed by atoms with Gasteiger partial charge >= 0.3 is 5.97 Å². The SMILES string of the molecule is CC(OC(=O)CCSc1ccccc1Cl)C(=O)N1CCCCCC1. The first-order chi connectivity index (χ1) is 11.6. The van der Waals surface area contributed by atoms with E-state index in [-0.39, 0.29) is 18.3 Å². The summed E-state index contributed by atoms with van der Waals surface area (Å²) in [6.45, 7) is 3.19. The number of hydrogen-bond donors (Lipinski definition) is 0. The highest BCUT2D eigenvalue weighted by atomic mass is 35.5. The van der Waals surface area contributed by atoms with E-state index in [0.29, 0.717) is 10.8 Å². The van der Waals surface area contributed by atoms with Gasteiger partial charge in [-0.3, -0.25) is 9.59 Å². The number of esters is 1. The average molecular weight is 370 g/mol. The molecule has 1 aromatic carbocycles. The van der Waals surface area contributed by atoms with E-state index in [1.165, 1.54) is 11.8 Å². The van der Waals surface area contributed by atoms with Gasteiger partial charge in [-0.05, 0) is 31.9 Å². The summed E-state index contributed by atoms with van der Waals surface area (Å²) < 4.78 is 5.30. The fourth-order valence-corrected chi connectivity index (χ4v) is 3.83. The van der Waals surface area contributed by atoms with E-state index in [9.17, 15) is 9.59 Å². The molecule has 6 heteroatoms. The number of hydrogen-bond acceptors (Lipinski definition) is 4. The molecule has 24 heavy (non-hydrogen) atoms. The third-order valence-corrected chi connectivity index (χ3v) is 5.49. The summed E-state index contributed by atoms with van der Waals surface area (Å²) in [5, 5.41) is 0.681. The van der Waals surface area contributed by atoms with E-state index in [4.69, 9.17) is 16.3 Å². The van der Waals surface area contributed by atoms with Crippen molar-refractivity contribution in [3.63, 3.8) is 0 Å². The molecular formula is C18H24ClNO3S. The summed E-state index contributed by atoms with van der Waals surface area (Å²) in [5.41, 5.74) is 0. The first-order valence-corrected chi connectivity index (χ1v) is 9.80. The first kappa shape index (κ1) is 19.1. The van der Waals surface area contributed by atoms with Crippen LogP contribution in [0.3, 0.4) is 0 Å². The Morgan fingerprint density at radius 3 is 2.54 bits per heavy atom. The number of nitrogens with zero attached hydrogens (tertiary/aromatic N) is 1. The van der Waals surface area contributed by atoms with Gasteiger partial charge in [0, 0.05) is 23.7 Å². The largest absolute Gasteiger partial charge is 0.453 e. The van der Waals surface area contributed by atoms with E-state index >= 15 is 0 Å². The van der Waals surface area contributed by atoms with Crippen LogP contribution in [-0.2, 0) is 14.3 Å². The molecule has 4 nitrogen and oxygen atoms in total. The molecule has 1 amide bonds. The van der Waals surface area contributed by atoms with Crippen molar-refractivity contribution in [3.05, 3.63) is 29.3 Å². The minimum Gasteiger partial charge on any atom is -0.453 e. The molecule has 0 saturated carbocycles. The van der Waals surface area contributed by atoms with Crippen LogP contribution in [0.5, 0.6) is 0 Å². The lowest BCUT2D eigenvalue weighted by molar-refractivity contribution is -0.158. The van der Waals surface area contributed by atoms with E-state index in [1.54, 1.807) is 6.92 Å². The maximum atomic E-state index is 12.4. The molecule has 132 valence electrons. The number of thioether (sulfide) groups is 1. The number of benzene rings is 1. The molecule has 1 fully saturated rings. The fraction of sp³-hybridized carbons (Fsp3) is 0.556. The second-order valence-corrected chi connectivity index (χ2v) is 7.44. The molecule has 0 aromatic heterocycles. The monoisotopic (exact) mass is 369 g/mol. The summed E-state index contributed by atoms with van der Waals surface area (Å²) in [4.78, 5) is 27.1. The minimum atomic E-state index is -0.707. The van der Waals surface area contributed by atoms with Crippen LogP contribution >= 0.6 is 23.4 Å². The Balaban J connectivity index is 1.72. The van der Waals surface area contributed by atoms with Crippen molar-refractivity contribution >= 4 is 35.2 Å². The Labute approximate surface area is 152 Å². The van der Waals surface area contributed by atoms with Crippen LogP contribution in [0.4, 0.5) is 0 Å². The van der Waals surface area contributed by atoms with Gasteiger partial charge in [0.05, 0.1) is 11.4 Å². The summed E-state index contributed by atoms with van der Waals surface area (Å²) in [6, 6.07) is 7.53. The highest BCUT2D eigenvalue weighted by molar-refractivity contribution is 7.99.